The molecule has 3 rings (SSSR count). The first-order valence-electron chi connectivity index (χ1n) is 6.80. The second kappa shape index (κ2) is 5.54. The average Bonchev–Trinajstić information content (AvgIpc) is 3.14. The van der Waals surface area contributed by atoms with Crippen LogP contribution in [0.5, 0.6) is 0 Å². The number of likely N-dealkylation sites (tertiary alicyclic amines) is 2. The topological polar surface area (TPSA) is 49.9 Å². The Morgan fingerprint density at radius 1 is 1.45 bits per heavy atom. The van der Waals surface area contributed by atoms with Crippen molar-refractivity contribution in [1.82, 2.24) is 9.80 Å². The van der Waals surface area contributed by atoms with Gasteiger partial charge < -0.3 is 14.5 Å². The van der Waals surface area contributed by atoms with Gasteiger partial charge in [-0.05, 0) is 11.4 Å². The molecule has 2 amide bonds. The lowest BCUT2D eigenvalue weighted by Crippen LogP contribution is -2.36. The molecule has 108 valence electrons. The summed E-state index contributed by atoms with van der Waals surface area (Å²) in [5.41, 5.74) is 0.735. The Labute approximate surface area is 122 Å². The van der Waals surface area contributed by atoms with E-state index < -0.39 is 0 Å². The largest absolute Gasteiger partial charge is 0.383 e. The lowest BCUT2D eigenvalue weighted by Gasteiger charge is -2.21. The lowest BCUT2D eigenvalue weighted by atomic mass is 10.0. The second-order valence-corrected chi connectivity index (χ2v) is 6.15. The van der Waals surface area contributed by atoms with E-state index in [4.69, 9.17) is 4.74 Å². The van der Waals surface area contributed by atoms with Crippen LogP contribution < -0.4 is 0 Å². The van der Waals surface area contributed by atoms with Crippen LogP contribution in [-0.4, -0.2) is 61.5 Å². The number of methoxy groups -OCH3 is 1. The van der Waals surface area contributed by atoms with Gasteiger partial charge in [0.05, 0.1) is 18.1 Å². The molecule has 6 heteroatoms. The van der Waals surface area contributed by atoms with Gasteiger partial charge in [-0.15, -0.1) is 0 Å². The fraction of sp³-hybridized carbons (Fsp3) is 0.571. The molecule has 2 fully saturated rings. The van der Waals surface area contributed by atoms with Gasteiger partial charge in [-0.2, -0.15) is 11.3 Å². The molecular weight excluding hydrogens is 276 g/mol. The van der Waals surface area contributed by atoms with Gasteiger partial charge >= 0.3 is 0 Å². The zero-order chi connectivity index (χ0) is 14.1. The number of carbonyl (C=O) groups excluding carboxylic acids is 2. The Kier molecular flexibility index (Phi) is 3.76. The Morgan fingerprint density at radius 2 is 2.30 bits per heavy atom. The quantitative estimate of drug-likeness (QED) is 0.830. The van der Waals surface area contributed by atoms with E-state index in [0.717, 1.165) is 12.1 Å². The van der Waals surface area contributed by atoms with E-state index in [2.05, 4.69) is 0 Å². The van der Waals surface area contributed by atoms with Crippen molar-refractivity contribution in [3.05, 3.63) is 22.4 Å². The van der Waals surface area contributed by atoms with Crippen LogP contribution in [0.3, 0.4) is 0 Å². The molecule has 2 saturated heterocycles. The smallest absolute Gasteiger partial charge is 0.254 e. The molecule has 2 aliphatic heterocycles. The molecule has 3 heterocycles. The minimum atomic E-state index is -0.0190. The van der Waals surface area contributed by atoms with Gasteiger partial charge in [0, 0.05) is 44.6 Å². The normalized spacial score (nSPS) is 25.4. The van der Waals surface area contributed by atoms with Crippen LogP contribution in [0.1, 0.15) is 10.4 Å². The molecule has 1 aromatic rings. The number of rotatable bonds is 4. The highest BCUT2D eigenvalue weighted by molar-refractivity contribution is 7.08. The number of fused-ring (bicyclic) bond motifs is 1. The summed E-state index contributed by atoms with van der Waals surface area (Å²) in [4.78, 5) is 28.3. The molecule has 0 aromatic carbocycles. The standard InChI is InChI=1S/C14H18N2O3S/c1-19-4-3-15-6-11-7-16(8-12(11)14(15)18)13(17)10-2-5-20-9-10/h2,5,9,11-12H,3-4,6-8H2,1H3/t11-,12+/m1/s1. The second-order valence-electron chi connectivity index (χ2n) is 5.37. The first-order valence-corrected chi connectivity index (χ1v) is 7.74. The predicted octanol–water partition coefficient (Wildman–Crippen LogP) is 0.925. The fourth-order valence-corrected chi connectivity index (χ4v) is 3.71. The van der Waals surface area contributed by atoms with Gasteiger partial charge in [-0.3, -0.25) is 9.59 Å². The van der Waals surface area contributed by atoms with Crippen molar-refractivity contribution in [2.24, 2.45) is 11.8 Å². The summed E-state index contributed by atoms with van der Waals surface area (Å²) in [5, 5.41) is 3.77. The number of hydrogen-bond acceptors (Lipinski definition) is 4. The number of ether oxygens (including phenoxy) is 1. The summed E-state index contributed by atoms with van der Waals surface area (Å²) >= 11 is 1.52. The van der Waals surface area contributed by atoms with E-state index in [9.17, 15) is 9.59 Å². The van der Waals surface area contributed by atoms with Crippen molar-refractivity contribution in [3.63, 3.8) is 0 Å². The molecule has 0 spiro atoms. The Bertz CT molecular complexity index is 503. The number of amides is 2. The minimum Gasteiger partial charge on any atom is -0.383 e. The van der Waals surface area contributed by atoms with Crippen molar-refractivity contribution >= 4 is 23.2 Å². The zero-order valence-corrected chi connectivity index (χ0v) is 12.3. The van der Waals surface area contributed by atoms with E-state index in [1.165, 1.54) is 11.3 Å². The molecule has 0 unspecified atom stereocenters. The van der Waals surface area contributed by atoms with E-state index in [0.29, 0.717) is 26.2 Å². The average molecular weight is 294 g/mol. The van der Waals surface area contributed by atoms with Crippen LogP contribution in [0.15, 0.2) is 16.8 Å². The molecule has 1 aromatic heterocycles. The van der Waals surface area contributed by atoms with Crippen LogP contribution in [0.2, 0.25) is 0 Å². The van der Waals surface area contributed by atoms with Gasteiger partial charge in [-0.1, -0.05) is 0 Å². The highest BCUT2D eigenvalue weighted by Crippen LogP contribution is 2.32. The summed E-state index contributed by atoms with van der Waals surface area (Å²) in [6, 6.07) is 1.84. The zero-order valence-electron chi connectivity index (χ0n) is 11.4. The summed E-state index contributed by atoms with van der Waals surface area (Å²) in [7, 11) is 1.64. The fourth-order valence-electron chi connectivity index (χ4n) is 3.08. The Hall–Kier alpha value is -1.40. The Morgan fingerprint density at radius 3 is 2.95 bits per heavy atom. The molecule has 0 bridgehead atoms. The third-order valence-corrected chi connectivity index (χ3v) is 4.83. The minimum absolute atomic E-state index is 0.0190. The molecule has 0 aliphatic carbocycles. The van der Waals surface area contributed by atoms with Crippen LogP contribution in [0.4, 0.5) is 0 Å². The van der Waals surface area contributed by atoms with Crippen LogP contribution in [0, 0.1) is 11.8 Å². The van der Waals surface area contributed by atoms with Gasteiger partial charge in [-0.25, -0.2) is 0 Å². The number of nitrogens with zero attached hydrogens (tertiary/aromatic N) is 2. The molecule has 0 N–H and O–H groups in total. The molecule has 0 radical (unpaired) electrons. The number of hydrogen-bond donors (Lipinski definition) is 0. The van der Waals surface area contributed by atoms with Crippen molar-refractivity contribution in [1.29, 1.82) is 0 Å². The third kappa shape index (κ3) is 2.33. The first-order chi connectivity index (χ1) is 9.70. The highest BCUT2D eigenvalue weighted by atomic mass is 32.1. The van der Waals surface area contributed by atoms with Crippen LogP contribution in [-0.2, 0) is 9.53 Å². The van der Waals surface area contributed by atoms with E-state index >= 15 is 0 Å². The third-order valence-electron chi connectivity index (χ3n) is 4.15. The molecule has 2 aliphatic rings. The van der Waals surface area contributed by atoms with Gasteiger partial charge in [0.15, 0.2) is 0 Å². The summed E-state index contributed by atoms with van der Waals surface area (Å²) in [6.45, 7) is 3.22. The maximum atomic E-state index is 12.3. The summed E-state index contributed by atoms with van der Waals surface area (Å²) in [5.74, 6) is 0.487. The van der Waals surface area contributed by atoms with E-state index in [1.807, 2.05) is 26.6 Å². The summed E-state index contributed by atoms with van der Waals surface area (Å²) < 4.78 is 5.03. The first kappa shape index (κ1) is 13.6. The maximum absolute atomic E-state index is 12.3. The van der Waals surface area contributed by atoms with Gasteiger partial charge in [0.2, 0.25) is 5.91 Å². The molecule has 0 saturated carbocycles. The molecule has 2 atom stereocenters. The monoisotopic (exact) mass is 294 g/mol. The molecule has 5 nitrogen and oxygen atoms in total. The van der Waals surface area contributed by atoms with E-state index in [-0.39, 0.29) is 23.7 Å². The molecular formula is C14H18N2O3S. The Balaban J connectivity index is 1.62. The predicted molar refractivity (Wildman–Crippen MR) is 75.7 cm³/mol. The van der Waals surface area contributed by atoms with Crippen LogP contribution in [0.25, 0.3) is 0 Å². The number of carbonyl (C=O) groups is 2. The van der Waals surface area contributed by atoms with Crippen molar-refractivity contribution < 1.29 is 14.3 Å². The van der Waals surface area contributed by atoms with Gasteiger partial charge in [0.25, 0.3) is 5.91 Å². The highest BCUT2D eigenvalue weighted by Gasteiger charge is 2.47. The maximum Gasteiger partial charge on any atom is 0.254 e. The number of thiophene rings is 1. The SMILES string of the molecule is COCCN1C[C@@H]2CN(C(=O)c3ccsc3)C[C@@H]2C1=O. The van der Waals surface area contributed by atoms with Crippen LogP contribution >= 0.6 is 11.3 Å². The van der Waals surface area contributed by atoms with Gasteiger partial charge in [0.1, 0.15) is 0 Å². The van der Waals surface area contributed by atoms with E-state index in [1.54, 1.807) is 7.11 Å². The van der Waals surface area contributed by atoms with Crippen molar-refractivity contribution in [2.45, 2.75) is 0 Å². The summed E-state index contributed by atoms with van der Waals surface area (Å²) in [6.07, 6.45) is 0. The lowest BCUT2D eigenvalue weighted by molar-refractivity contribution is -0.131. The van der Waals surface area contributed by atoms with Crippen molar-refractivity contribution in [2.75, 3.05) is 39.9 Å². The molecule has 20 heavy (non-hydrogen) atoms. The van der Waals surface area contributed by atoms with Crippen molar-refractivity contribution in [3.8, 4) is 0 Å².